The highest BCUT2D eigenvalue weighted by atomic mass is 32.2. The van der Waals surface area contributed by atoms with Gasteiger partial charge in [0.1, 0.15) is 22.9 Å². The van der Waals surface area contributed by atoms with Crippen LogP contribution in [0.15, 0.2) is 35.8 Å². The van der Waals surface area contributed by atoms with E-state index in [2.05, 4.69) is 16.9 Å². The number of nitrogens with one attached hydrogen (secondary N) is 1. The summed E-state index contributed by atoms with van der Waals surface area (Å²) in [7, 11) is -1.01. The molecule has 0 saturated carbocycles. The summed E-state index contributed by atoms with van der Waals surface area (Å²) < 4.78 is 52.9. The Hall–Kier alpha value is -1.96. The van der Waals surface area contributed by atoms with Crippen LogP contribution in [0.1, 0.15) is 5.56 Å². The average Bonchev–Trinajstić information content (AvgIpc) is 2.44. The molecule has 0 bridgehead atoms. The van der Waals surface area contributed by atoms with Gasteiger partial charge in [-0.3, -0.25) is 4.99 Å². The Kier molecular flexibility index (Phi) is 3.75. The number of rotatable bonds is 2. The molecule has 0 radical (unpaired) electrons. The number of sulfonamides is 1. The number of hydrogen-bond donors (Lipinski definition) is 1. The molecule has 0 amide bonds. The van der Waals surface area contributed by atoms with Crippen LogP contribution < -0.4 is 5.32 Å². The Bertz CT molecular complexity index is 718. The molecular formula is C13H15F2N3O2S. The zero-order valence-electron chi connectivity index (χ0n) is 11.6. The molecule has 1 heterocycles. The molecule has 8 heteroatoms. The highest BCUT2D eigenvalue weighted by Gasteiger charge is 2.45. The van der Waals surface area contributed by atoms with Gasteiger partial charge < -0.3 is 5.32 Å². The number of guanidine groups is 1. The summed E-state index contributed by atoms with van der Waals surface area (Å²) in [5, 5.41) is 2.83. The molecule has 21 heavy (non-hydrogen) atoms. The van der Waals surface area contributed by atoms with Gasteiger partial charge in [0.2, 0.25) is 16.0 Å². The van der Waals surface area contributed by atoms with E-state index in [0.717, 1.165) is 22.5 Å². The first-order chi connectivity index (χ1) is 9.75. The SMILES string of the molecule is C=CC1(c2cc(F)ccc2F)CS(=O)(=O)N(C)C(=NC)N1. The predicted octanol–water partition coefficient (Wildman–Crippen LogP) is 1.20. The lowest BCUT2D eigenvalue weighted by molar-refractivity contribution is 0.437. The predicted molar refractivity (Wildman–Crippen MR) is 76.3 cm³/mol. The molecule has 2 rings (SSSR count). The monoisotopic (exact) mass is 315 g/mol. The van der Waals surface area contributed by atoms with Crippen molar-refractivity contribution in [2.45, 2.75) is 5.54 Å². The van der Waals surface area contributed by atoms with Gasteiger partial charge in [0.25, 0.3) is 0 Å². The molecule has 1 atom stereocenters. The number of aliphatic imine (C=N–C) groups is 1. The molecule has 1 fully saturated rings. The van der Waals surface area contributed by atoms with Crippen molar-refractivity contribution in [1.82, 2.24) is 9.62 Å². The van der Waals surface area contributed by atoms with Gasteiger partial charge in [0.05, 0.1) is 0 Å². The molecule has 1 aromatic rings. The van der Waals surface area contributed by atoms with Crippen molar-refractivity contribution < 1.29 is 17.2 Å². The van der Waals surface area contributed by atoms with Gasteiger partial charge in [-0.25, -0.2) is 21.5 Å². The van der Waals surface area contributed by atoms with Crippen LogP contribution in [-0.4, -0.2) is 38.5 Å². The van der Waals surface area contributed by atoms with Crippen LogP contribution in [0.5, 0.6) is 0 Å². The topological polar surface area (TPSA) is 61.8 Å². The average molecular weight is 315 g/mol. The minimum absolute atomic E-state index is 0.0322. The third-order valence-electron chi connectivity index (χ3n) is 3.43. The lowest BCUT2D eigenvalue weighted by Crippen LogP contribution is -2.61. The Morgan fingerprint density at radius 2 is 2.14 bits per heavy atom. The minimum Gasteiger partial charge on any atom is -0.341 e. The van der Waals surface area contributed by atoms with Crippen LogP contribution in [0.4, 0.5) is 8.78 Å². The molecule has 0 aliphatic carbocycles. The van der Waals surface area contributed by atoms with Crippen LogP contribution in [-0.2, 0) is 15.6 Å². The molecule has 1 unspecified atom stereocenters. The number of hydrogen-bond acceptors (Lipinski definition) is 3. The molecular weight excluding hydrogens is 300 g/mol. The maximum Gasteiger partial charge on any atom is 0.240 e. The molecule has 0 aromatic heterocycles. The lowest BCUT2D eigenvalue weighted by Gasteiger charge is -2.41. The van der Waals surface area contributed by atoms with Gasteiger partial charge in [-0.1, -0.05) is 6.08 Å². The molecule has 1 saturated heterocycles. The van der Waals surface area contributed by atoms with Crippen molar-refractivity contribution in [3.8, 4) is 0 Å². The van der Waals surface area contributed by atoms with Crippen LogP contribution in [0.2, 0.25) is 0 Å². The Balaban J connectivity index is 2.67. The van der Waals surface area contributed by atoms with E-state index < -0.39 is 32.9 Å². The highest BCUT2D eigenvalue weighted by Crippen LogP contribution is 2.31. The molecule has 5 nitrogen and oxygen atoms in total. The Labute approximate surface area is 122 Å². The van der Waals surface area contributed by atoms with Gasteiger partial charge in [-0.2, -0.15) is 0 Å². The standard InChI is InChI=1S/C13H15F2N3O2S/c1-4-13(10-7-9(14)5-6-11(10)15)8-21(19,20)18(3)12(16-2)17-13/h4-7H,1,8H2,2-3H3,(H,16,17). The summed E-state index contributed by atoms with van der Waals surface area (Å²) in [4.78, 5) is 3.83. The van der Waals surface area contributed by atoms with Crippen LogP contribution in [0, 0.1) is 11.6 Å². The summed E-state index contributed by atoms with van der Waals surface area (Å²) in [5.41, 5.74) is -1.61. The van der Waals surface area contributed by atoms with E-state index in [1.54, 1.807) is 0 Å². The zero-order chi connectivity index (χ0) is 15.8. The minimum atomic E-state index is -3.74. The molecule has 1 aliphatic rings. The molecule has 0 spiro atoms. The number of benzene rings is 1. The molecule has 114 valence electrons. The Morgan fingerprint density at radius 3 is 2.71 bits per heavy atom. The van der Waals surface area contributed by atoms with Gasteiger partial charge in [0, 0.05) is 19.7 Å². The first-order valence-electron chi connectivity index (χ1n) is 6.06. The first-order valence-corrected chi connectivity index (χ1v) is 7.67. The van der Waals surface area contributed by atoms with E-state index in [-0.39, 0.29) is 11.5 Å². The van der Waals surface area contributed by atoms with Crippen LogP contribution in [0.25, 0.3) is 0 Å². The second-order valence-electron chi connectivity index (χ2n) is 4.70. The fourth-order valence-corrected chi connectivity index (χ4v) is 3.74. The van der Waals surface area contributed by atoms with E-state index in [1.165, 1.54) is 20.2 Å². The highest BCUT2D eigenvalue weighted by molar-refractivity contribution is 7.89. The maximum absolute atomic E-state index is 14.1. The fraction of sp³-hybridized carbons (Fsp3) is 0.308. The largest absolute Gasteiger partial charge is 0.341 e. The summed E-state index contributed by atoms with van der Waals surface area (Å²) >= 11 is 0. The Morgan fingerprint density at radius 1 is 1.48 bits per heavy atom. The van der Waals surface area contributed by atoms with Crippen LogP contribution >= 0.6 is 0 Å². The summed E-state index contributed by atoms with van der Waals surface area (Å²) in [6.07, 6.45) is 1.25. The lowest BCUT2D eigenvalue weighted by atomic mass is 9.91. The van der Waals surface area contributed by atoms with E-state index in [1.807, 2.05) is 0 Å². The second kappa shape index (κ2) is 5.10. The summed E-state index contributed by atoms with van der Waals surface area (Å²) in [5.74, 6) is -1.84. The van der Waals surface area contributed by atoms with Crippen molar-refractivity contribution in [3.05, 3.63) is 48.1 Å². The van der Waals surface area contributed by atoms with E-state index in [0.29, 0.717) is 0 Å². The van der Waals surface area contributed by atoms with Gasteiger partial charge in [0.15, 0.2) is 0 Å². The van der Waals surface area contributed by atoms with Crippen molar-refractivity contribution >= 4 is 16.0 Å². The summed E-state index contributed by atoms with van der Waals surface area (Å²) in [6.45, 7) is 3.57. The normalized spacial score (nSPS) is 26.5. The van der Waals surface area contributed by atoms with Crippen molar-refractivity contribution in [2.24, 2.45) is 4.99 Å². The van der Waals surface area contributed by atoms with Crippen molar-refractivity contribution in [2.75, 3.05) is 19.8 Å². The van der Waals surface area contributed by atoms with Crippen molar-refractivity contribution in [1.29, 1.82) is 0 Å². The third-order valence-corrected chi connectivity index (χ3v) is 5.26. The van der Waals surface area contributed by atoms with Crippen molar-refractivity contribution in [3.63, 3.8) is 0 Å². The molecule has 1 N–H and O–H groups in total. The smallest absolute Gasteiger partial charge is 0.240 e. The molecule has 1 aromatic carbocycles. The third kappa shape index (κ3) is 2.51. The zero-order valence-corrected chi connectivity index (χ0v) is 12.4. The summed E-state index contributed by atoms with van der Waals surface area (Å²) in [6, 6.07) is 2.87. The molecule has 1 aliphatic heterocycles. The first kappa shape index (κ1) is 15.4. The quantitative estimate of drug-likeness (QED) is 0.834. The van der Waals surface area contributed by atoms with E-state index in [9.17, 15) is 17.2 Å². The van der Waals surface area contributed by atoms with Gasteiger partial charge in [-0.05, 0) is 18.2 Å². The number of nitrogens with zero attached hydrogens (tertiary/aromatic N) is 2. The fourth-order valence-electron chi connectivity index (χ4n) is 2.23. The second-order valence-corrected chi connectivity index (χ2v) is 6.70. The van der Waals surface area contributed by atoms with Gasteiger partial charge >= 0.3 is 0 Å². The van der Waals surface area contributed by atoms with Gasteiger partial charge in [-0.15, -0.1) is 6.58 Å². The van der Waals surface area contributed by atoms with Crippen LogP contribution in [0.3, 0.4) is 0 Å². The van der Waals surface area contributed by atoms with E-state index >= 15 is 0 Å². The van der Waals surface area contributed by atoms with E-state index in [4.69, 9.17) is 0 Å². The number of halogens is 2. The maximum atomic E-state index is 14.1.